The van der Waals surface area contributed by atoms with Gasteiger partial charge in [-0.25, -0.2) is 4.79 Å². The molecule has 0 unspecified atom stereocenters. The van der Waals surface area contributed by atoms with E-state index in [9.17, 15) is 45.3 Å². The fourth-order valence-corrected chi connectivity index (χ4v) is 10.1. The van der Waals surface area contributed by atoms with Crippen LogP contribution in [0.2, 0.25) is 0 Å². The third-order valence-corrected chi connectivity index (χ3v) is 12.4. The van der Waals surface area contributed by atoms with Gasteiger partial charge in [0, 0.05) is 6.42 Å². The molecule has 0 spiro atoms. The molecule has 0 bridgehead atoms. The Morgan fingerprint density at radius 1 is 0.829 bits per heavy atom. The van der Waals surface area contributed by atoms with Crippen molar-refractivity contribution in [3.8, 4) is 0 Å². The molecule has 11 nitrogen and oxygen atoms in total. The van der Waals surface area contributed by atoms with Gasteiger partial charge in [-0.2, -0.15) is 0 Å². The van der Waals surface area contributed by atoms with Crippen LogP contribution in [0.4, 0.5) is 0 Å². The van der Waals surface area contributed by atoms with E-state index < -0.39 is 61.0 Å². The molecule has 1 heterocycles. The van der Waals surface area contributed by atoms with Crippen molar-refractivity contribution in [2.75, 3.05) is 0 Å². The van der Waals surface area contributed by atoms with Crippen LogP contribution in [0, 0.1) is 46.3 Å². The van der Waals surface area contributed by atoms with Gasteiger partial charge in [-0.3, -0.25) is 4.79 Å². The number of carboxylic acid groups (broad SMARTS) is 1. The minimum Gasteiger partial charge on any atom is -0.479 e. The number of rotatable bonds is 6. The predicted molar refractivity (Wildman–Crippen MR) is 143 cm³/mol. The third-order valence-electron chi connectivity index (χ3n) is 12.4. The van der Waals surface area contributed by atoms with Crippen LogP contribution in [0.5, 0.6) is 0 Å². The van der Waals surface area contributed by atoms with Crippen molar-refractivity contribution in [2.24, 2.45) is 46.3 Å². The van der Waals surface area contributed by atoms with Crippen LogP contribution < -0.4 is 0 Å². The smallest absolute Gasteiger partial charge is 0.335 e. The fraction of sp³-hybridized carbons (Fsp3) is 0.933. The number of hydrogen-bond donors (Lipinski definition) is 7. The van der Waals surface area contributed by atoms with Crippen molar-refractivity contribution in [1.82, 2.24) is 0 Å². The van der Waals surface area contributed by atoms with Crippen LogP contribution in [-0.4, -0.2) is 96.7 Å². The number of carboxylic acids is 1. The topological polar surface area (TPSA) is 194 Å². The number of ether oxygens (including phenoxy) is 2. The number of aliphatic carboxylic acids is 1. The Hall–Kier alpha value is -1.34. The van der Waals surface area contributed by atoms with Crippen LogP contribution >= 0.6 is 0 Å². The summed E-state index contributed by atoms with van der Waals surface area (Å²) in [7, 11) is 0. The van der Waals surface area contributed by atoms with E-state index in [2.05, 4.69) is 20.8 Å². The lowest BCUT2D eigenvalue weighted by Gasteiger charge is -2.63. The number of carbonyl (C=O) groups excluding carboxylic acids is 1. The first-order valence-electron chi connectivity index (χ1n) is 15.4. The van der Waals surface area contributed by atoms with E-state index in [0.717, 1.165) is 38.5 Å². The monoisotopic (exact) mass is 584 g/mol. The van der Waals surface area contributed by atoms with E-state index in [0.29, 0.717) is 24.7 Å². The highest BCUT2D eigenvalue weighted by molar-refractivity contribution is 5.73. The van der Waals surface area contributed by atoms with Crippen molar-refractivity contribution in [3.05, 3.63) is 0 Å². The number of esters is 1. The summed E-state index contributed by atoms with van der Waals surface area (Å²) < 4.78 is 10.3. The Morgan fingerprint density at radius 3 is 2.17 bits per heavy atom. The second kappa shape index (κ2) is 11.3. The summed E-state index contributed by atoms with van der Waals surface area (Å²) in [6, 6.07) is 0. The zero-order chi connectivity index (χ0) is 30.0. The first-order valence-corrected chi connectivity index (χ1v) is 15.4. The molecule has 234 valence electrons. The van der Waals surface area contributed by atoms with Crippen LogP contribution in [-0.2, 0) is 19.1 Å². The largest absolute Gasteiger partial charge is 0.479 e. The Labute approximate surface area is 240 Å². The summed E-state index contributed by atoms with van der Waals surface area (Å²) in [5.41, 5.74) is -0.160. The molecule has 16 atom stereocenters. The van der Waals surface area contributed by atoms with Gasteiger partial charge in [-0.05, 0) is 97.7 Å². The SMILES string of the molecule is C[C@H](CCC(=O)O[C@@H]1O[C@H](C(=O)O)[C@@H](O)[C@H](O)[C@H]1O)[C@H]1CC[C@H]2[C@@H]3[C@@H](O)[C@@H](O)[C@@H]4C[C@H](O)CC[C@]4(C)[C@H]3CC[C@]12C. The quantitative estimate of drug-likeness (QED) is 0.218. The average Bonchev–Trinajstić information content (AvgIpc) is 3.28. The second-order valence-electron chi connectivity index (χ2n) is 14.3. The Kier molecular flexibility index (Phi) is 8.57. The van der Waals surface area contributed by atoms with Crippen LogP contribution in [0.1, 0.15) is 78.6 Å². The third kappa shape index (κ3) is 5.13. The molecule has 0 radical (unpaired) electrons. The molecule has 0 aromatic heterocycles. The molecule has 0 aromatic rings. The Balaban J connectivity index is 1.22. The number of hydrogen-bond acceptors (Lipinski definition) is 10. The molecule has 5 fully saturated rings. The molecule has 11 heteroatoms. The van der Waals surface area contributed by atoms with Gasteiger partial charge in [-0.1, -0.05) is 20.8 Å². The van der Waals surface area contributed by atoms with Crippen LogP contribution in [0.3, 0.4) is 0 Å². The Bertz CT molecular complexity index is 991. The molecular weight excluding hydrogens is 536 g/mol. The highest BCUT2D eigenvalue weighted by atomic mass is 16.7. The van der Waals surface area contributed by atoms with Gasteiger partial charge in [0.1, 0.15) is 18.3 Å². The minimum absolute atomic E-state index is 0.00342. The molecule has 1 saturated heterocycles. The van der Waals surface area contributed by atoms with Gasteiger partial charge in [0.05, 0.1) is 18.3 Å². The first kappa shape index (κ1) is 31.1. The lowest BCUT2D eigenvalue weighted by molar-refractivity contribution is -0.286. The van der Waals surface area contributed by atoms with E-state index in [1.165, 1.54) is 0 Å². The number of aliphatic hydroxyl groups is 6. The number of aliphatic hydroxyl groups excluding tert-OH is 6. The van der Waals surface area contributed by atoms with Gasteiger partial charge in [0.25, 0.3) is 0 Å². The summed E-state index contributed by atoms with van der Waals surface area (Å²) >= 11 is 0. The van der Waals surface area contributed by atoms with Gasteiger partial charge < -0.3 is 45.2 Å². The first-order chi connectivity index (χ1) is 19.2. The lowest BCUT2D eigenvalue weighted by Crippen LogP contribution is -2.64. The minimum atomic E-state index is -1.86. The van der Waals surface area contributed by atoms with E-state index in [-0.39, 0.29) is 40.9 Å². The molecule has 5 aliphatic rings. The predicted octanol–water partition coefficient (Wildman–Crippen LogP) is 0.800. The maximum atomic E-state index is 12.7. The summed E-state index contributed by atoms with van der Waals surface area (Å²) in [5.74, 6) is -1.35. The van der Waals surface area contributed by atoms with E-state index in [1.54, 1.807) is 0 Å². The van der Waals surface area contributed by atoms with E-state index >= 15 is 0 Å². The van der Waals surface area contributed by atoms with Crippen molar-refractivity contribution in [3.63, 3.8) is 0 Å². The van der Waals surface area contributed by atoms with Crippen LogP contribution in [0.15, 0.2) is 0 Å². The maximum absolute atomic E-state index is 12.7. The van der Waals surface area contributed by atoms with Gasteiger partial charge >= 0.3 is 11.9 Å². The van der Waals surface area contributed by atoms with Crippen molar-refractivity contribution in [1.29, 1.82) is 0 Å². The Morgan fingerprint density at radius 2 is 1.49 bits per heavy atom. The second-order valence-corrected chi connectivity index (χ2v) is 14.3. The molecular formula is C30H48O11. The van der Waals surface area contributed by atoms with Crippen molar-refractivity contribution >= 4 is 11.9 Å². The average molecular weight is 585 g/mol. The van der Waals surface area contributed by atoms with Gasteiger partial charge in [-0.15, -0.1) is 0 Å². The molecule has 0 amide bonds. The van der Waals surface area contributed by atoms with Gasteiger partial charge in [0.2, 0.25) is 6.29 Å². The zero-order valence-electron chi connectivity index (χ0n) is 24.2. The number of fused-ring (bicyclic) bond motifs is 5. The summed E-state index contributed by atoms with van der Waals surface area (Å²) in [4.78, 5) is 24.0. The molecule has 4 saturated carbocycles. The molecule has 1 aliphatic heterocycles. The molecule has 5 rings (SSSR count). The zero-order valence-corrected chi connectivity index (χ0v) is 24.2. The summed E-state index contributed by atoms with van der Waals surface area (Å²) in [5, 5.41) is 72.2. The summed E-state index contributed by atoms with van der Waals surface area (Å²) in [6.45, 7) is 6.66. The van der Waals surface area contributed by atoms with Gasteiger partial charge in [0.15, 0.2) is 6.10 Å². The normalized spacial score (nSPS) is 52.1. The molecule has 4 aliphatic carbocycles. The summed E-state index contributed by atoms with van der Waals surface area (Å²) in [6.07, 6.45) is -4.58. The fourth-order valence-electron chi connectivity index (χ4n) is 10.1. The van der Waals surface area contributed by atoms with Crippen molar-refractivity contribution in [2.45, 2.75) is 128 Å². The number of carbonyl (C=O) groups is 2. The molecule has 41 heavy (non-hydrogen) atoms. The highest BCUT2D eigenvalue weighted by Crippen LogP contribution is 2.68. The molecule has 0 aromatic carbocycles. The van der Waals surface area contributed by atoms with Crippen LogP contribution in [0.25, 0.3) is 0 Å². The van der Waals surface area contributed by atoms with E-state index in [1.807, 2.05) is 0 Å². The van der Waals surface area contributed by atoms with Crippen molar-refractivity contribution < 1.29 is 54.8 Å². The standard InChI is InChI=1S/C30H48O11/c1-13(4-7-19(32)40-28-25(37)23(35)24(36)26(41-28)27(38)39)15-5-6-16-20-17(9-11-29(15,16)2)30(3)10-8-14(31)12-18(30)21(33)22(20)34/h13-18,20-26,28,31,33-37H,4-12H2,1-3H3,(H,38,39)/t13-,14-,15-,16+,17+,18+,20+,21+,22-,23+,24+,25-,26+,28-,29-,30-/m1/s1. The molecule has 7 N–H and O–H groups in total. The lowest BCUT2D eigenvalue weighted by atomic mass is 9.43. The highest BCUT2D eigenvalue weighted by Gasteiger charge is 2.65. The van der Waals surface area contributed by atoms with E-state index in [4.69, 9.17) is 9.47 Å². The maximum Gasteiger partial charge on any atom is 0.335 e.